The van der Waals surface area contributed by atoms with Gasteiger partial charge in [0.1, 0.15) is 12.1 Å². The van der Waals surface area contributed by atoms with Crippen molar-refractivity contribution in [1.82, 2.24) is 10.6 Å². The van der Waals surface area contributed by atoms with Gasteiger partial charge >= 0.3 is 0 Å². The van der Waals surface area contributed by atoms with Gasteiger partial charge in [0.15, 0.2) is 6.29 Å². The predicted molar refractivity (Wildman–Crippen MR) is 114 cm³/mol. The van der Waals surface area contributed by atoms with E-state index in [0.29, 0.717) is 6.61 Å². The van der Waals surface area contributed by atoms with Gasteiger partial charge in [0, 0.05) is 19.6 Å². The third-order valence-corrected chi connectivity index (χ3v) is 5.59. The Morgan fingerprint density at radius 3 is 2.00 bits per heavy atom. The Morgan fingerprint density at radius 1 is 1.03 bits per heavy atom. The normalized spacial score (nSPS) is 17.1. The Labute approximate surface area is 175 Å². The molecular weight excluding hydrogens is 424 g/mol. The smallest absolute Gasteiger partial charge is 0.264 e. The number of ether oxygens (including phenoxy) is 2. The third kappa shape index (κ3) is 14.7. The van der Waals surface area contributed by atoms with Crippen molar-refractivity contribution in [3.8, 4) is 0 Å². The van der Waals surface area contributed by atoms with Gasteiger partial charge in [0.25, 0.3) is 10.1 Å². The Morgan fingerprint density at radius 2 is 1.59 bits per heavy atom. The molecule has 0 rings (SSSR count). The van der Waals surface area contributed by atoms with Crippen molar-refractivity contribution in [1.29, 1.82) is 0 Å². The van der Waals surface area contributed by atoms with E-state index >= 15 is 0 Å². The number of aliphatic hydroxyl groups is 1. The van der Waals surface area contributed by atoms with Crippen LogP contribution in [0.15, 0.2) is 0 Å². The zero-order chi connectivity index (χ0) is 22.8. The van der Waals surface area contributed by atoms with Gasteiger partial charge in [0.2, 0.25) is 11.8 Å². The van der Waals surface area contributed by atoms with Crippen LogP contribution < -0.4 is 10.6 Å². The molecule has 0 saturated carbocycles. The van der Waals surface area contributed by atoms with Crippen molar-refractivity contribution in [2.75, 3.05) is 50.6 Å². The number of hydrogen-bond acceptors (Lipinski definition) is 8. The zero-order valence-corrected chi connectivity index (χ0v) is 19.9. The predicted octanol–water partition coefficient (Wildman–Crippen LogP) is -0.594. The van der Waals surface area contributed by atoms with E-state index in [1.807, 2.05) is 0 Å². The van der Waals surface area contributed by atoms with Crippen LogP contribution in [0.2, 0.25) is 0 Å². The van der Waals surface area contributed by atoms with Crippen LogP contribution >= 0.6 is 10.0 Å². The van der Waals surface area contributed by atoms with Gasteiger partial charge in [-0.2, -0.15) is 8.42 Å². The summed E-state index contributed by atoms with van der Waals surface area (Å²) in [5.74, 6) is 0.0398. The molecule has 0 aliphatic heterocycles. The van der Waals surface area contributed by atoms with Crippen LogP contribution in [0, 0.1) is 0 Å². The fourth-order valence-electron chi connectivity index (χ4n) is 2.20. The minimum Gasteiger partial charge on any atom is -0.394 e. The first-order chi connectivity index (χ1) is 13.1. The van der Waals surface area contributed by atoms with Crippen LogP contribution in [-0.4, -0.2) is 100 Å². The number of aliphatic hydroxyl groups excluding tert-OH is 1. The lowest BCUT2D eigenvalue weighted by Crippen LogP contribution is -2.53. The fourth-order valence-corrected chi connectivity index (χ4v) is 3.18. The molecule has 0 spiro atoms. The standard InChI is InChI=1S/C17H36N2O8S2/c1-12(18-13(2)21)16(11-26-29(7,23)24)27-17(15(10-20)19-14(3)22)25-8-9-28(4,5)6/h12,15-17,20H,8-11H2,1-7H3,(H,18,21)(H,19,22)/t12-,15+,16?,17?/m0/s1. The first kappa shape index (κ1) is 28.1. The van der Waals surface area contributed by atoms with Crippen molar-refractivity contribution in [2.24, 2.45) is 0 Å². The summed E-state index contributed by atoms with van der Waals surface area (Å²) in [7, 11) is -4.60. The molecule has 0 bridgehead atoms. The van der Waals surface area contributed by atoms with E-state index in [-0.39, 0.29) is 18.4 Å². The largest absolute Gasteiger partial charge is 0.394 e. The maximum absolute atomic E-state index is 11.5. The minimum absolute atomic E-state index is 0.313. The molecule has 0 aromatic carbocycles. The summed E-state index contributed by atoms with van der Waals surface area (Å²) in [4.78, 5) is 22.9. The fraction of sp³-hybridized carbons (Fsp3) is 0.882. The summed E-state index contributed by atoms with van der Waals surface area (Å²) >= 11 is 0. The van der Waals surface area contributed by atoms with Gasteiger partial charge in [0.05, 0.1) is 32.1 Å². The van der Waals surface area contributed by atoms with Crippen molar-refractivity contribution in [3.63, 3.8) is 0 Å². The first-order valence-electron chi connectivity index (χ1n) is 9.07. The van der Waals surface area contributed by atoms with Crippen LogP contribution in [0.4, 0.5) is 0 Å². The summed E-state index contributed by atoms with van der Waals surface area (Å²) in [6.07, 6.45) is 5.26. The van der Waals surface area contributed by atoms with Gasteiger partial charge in [-0.15, -0.1) is 0 Å². The van der Waals surface area contributed by atoms with Crippen molar-refractivity contribution in [2.45, 2.75) is 45.2 Å². The first-order valence-corrected chi connectivity index (χ1v) is 13.9. The molecular formula is C17H36N2O8S2. The second-order valence-corrected chi connectivity index (χ2v) is 13.9. The lowest BCUT2D eigenvalue weighted by Gasteiger charge is -2.34. The molecule has 2 unspecified atom stereocenters. The molecule has 0 fully saturated rings. The number of nitrogens with one attached hydrogen (secondary N) is 2. The molecule has 10 nitrogen and oxygen atoms in total. The lowest BCUT2D eigenvalue weighted by molar-refractivity contribution is -0.198. The van der Waals surface area contributed by atoms with E-state index in [1.165, 1.54) is 13.8 Å². The molecule has 0 aromatic heterocycles. The van der Waals surface area contributed by atoms with Gasteiger partial charge in [-0.05, 0) is 25.7 Å². The highest BCUT2D eigenvalue weighted by molar-refractivity contribution is 8.32. The molecule has 29 heavy (non-hydrogen) atoms. The number of rotatable bonds is 14. The zero-order valence-electron chi connectivity index (χ0n) is 18.3. The monoisotopic (exact) mass is 460 g/mol. The number of hydrogen-bond donors (Lipinski definition) is 3. The highest BCUT2D eigenvalue weighted by Gasteiger charge is 2.31. The van der Waals surface area contributed by atoms with Crippen LogP contribution in [0.1, 0.15) is 20.8 Å². The van der Waals surface area contributed by atoms with E-state index in [0.717, 1.165) is 12.0 Å². The minimum atomic E-state index is -3.75. The van der Waals surface area contributed by atoms with Gasteiger partial charge in [-0.1, -0.05) is 0 Å². The highest BCUT2D eigenvalue weighted by atomic mass is 32.3. The van der Waals surface area contributed by atoms with Crippen molar-refractivity contribution >= 4 is 32.0 Å². The molecule has 2 amide bonds. The molecule has 0 saturated heterocycles. The Hall–Kier alpha value is -0.920. The maximum Gasteiger partial charge on any atom is 0.264 e. The van der Waals surface area contributed by atoms with Crippen molar-refractivity contribution < 1.29 is 36.8 Å². The molecule has 0 heterocycles. The molecule has 174 valence electrons. The summed E-state index contributed by atoms with van der Waals surface area (Å²) < 4.78 is 39.3. The van der Waals surface area contributed by atoms with Gasteiger partial charge in [-0.3, -0.25) is 13.8 Å². The van der Waals surface area contributed by atoms with Crippen LogP contribution in [0.5, 0.6) is 0 Å². The Kier molecular flexibility index (Phi) is 12.3. The molecule has 4 atom stereocenters. The average molecular weight is 461 g/mol. The average Bonchev–Trinajstić information content (AvgIpc) is 2.51. The SMILES string of the molecule is CC(=O)N[C@@H](C)C(COS(C)(=O)=O)OC(OCCS(C)(C)C)[C@@H](CO)NC(C)=O. The molecule has 12 heteroatoms. The number of amides is 2. The van der Waals surface area contributed by atoms with E-state index in [2.05, 4.69) is 29.4 Å². The molecule has 0 radical (unpaired) electrons. The second kappa shape index (κ2) is 12.7. The van der Waals surface area contributed by atoms with Gasteiger partial charge < -0.3 is 25.2 Å². The summed E-state index contributed by atoms with van der Waals surface area (Å²) in [6, 6.07) is -1.50. The lowest BCUT2D eigenvalue weighted by atomic mass is 10.2. The van der Waals surface area contributed by atoms with Crippen LogP contribution in [-0.2, 0) is 33.4 Å². The van der Waals surface area contributed by atoms with E-state index in [9.17, 15) is 23.1 Å². The molecule has 3 N–H and O–H groups in total. The second-order valence-electron chi connectivity index (χ2n) is 7.68. The number of carbonyl (C=O) groups is 2. The third-order valence-electron chi connectivity index (χ3n) is 3.64. The highest BCUT2D eigenvalue weighted by Crippen LogP contribution is 2.33. The summed E-state index contributed by atoms with van der Waals surface area (Å²) in [5.41, 5.74) is 0. The van der Waals surface area contributed by atoms with Crippen molar-refractivity contribution in [3.05, 3.63) is 0 Å². The summed E-state index contributed by atoms with van der Waals surface area (Å²) in [6.45, 7) is 3.72. The summed E-state index contributed by atoms with van der Waals surface area (Å²) in [5, 5.41) is 14.9. The van der Waals surface area contributed by atoms with Crippen LogP contribution in [0.3, 0.4) is 0 Å². The Balaban J connectivity index is 5.48. The molecule has 0 aliphatic carbocycles. The number of carbonyl (C=O) groups excluding carboxylic acids is 2. The van der Waals surface area contributed by atoms with Gasteiger partial charge in [-0.25, -0.2) is 10.0 Å². The van der Waals surface area contributed by atoms with E-state index in [4.69, 9.17) is 13.7 Å². The quantitative estimate of drug-likeness (QED) is 0.231. The Bertz CT molecular complexity index is 621. The van der Waals surface area contributed by atoms with Crippen LogP contribution in [0.25, 0.3) is 0 Å². The maximum atomic E-state index is 11.5. The molecule has 0 aromatic rings. The molecule has 0 aliphatic rings. The topological polar surface area (TPSA) is 140 Å². The van der Waals surface area contributed by atoms with E-state index < -0.39 is 51.2 Å². The van der Waals surface area contributed by atoms with E-state index in [1.54, 1.807) is 6.92 Å².